The third-order valence-corrected chi connectivity index (χ3v) is 3.48. The van der Waals surface area contributed by atoms with Crippen LogP contribution in [0.1, 0.15) is 38.7 Å². The van der Waals surface area contributed by atoms with Crippen molar-refractivity contribution in [3.8, 4) is 5.75 Å². The second-order valence-electron chi connectivity index (χ2n) is 5.80. The number of nitrogens with one attached hydrogen (secondary N) is 1. The number of carboxylic acids is 1. The van der Waals surface area contributed by atoms with Gasteiger partial charge >= 0.3 is 12.3 Å². The molecule has 0 aliphatic rings. The molecule has 0 aromatic heterocycles. The lowest BCUT2D eigenvalue weighted by atomic mass is 9.83. The fourth-order valence-corrected chi connectivity index (χ4v) is 2.03. The number of halogens is 3. The average molecular weight is 347 g/mol. The number of alkyl halides is 3. The number of hydrogen-bond acceptors (Lipinski definition) is 3. The molecule has 1 aromatic rings. The van der Waals surface area contributed by atoms with Gasteiger partial charge in [0.05, 0.1) is 5.41 Å². The number of unbranched alkanes of at least 4 members (excludes halogenated alkanes) is 1. The van der Waals surface area contributed by atoms with Gasteiger partial charge in [-0.2, -0.15) is 0 Å². The van der Waals surface area contributed by atoms with Crippen LogP contribution in [-0.4, -0.2) is 29.9 Å². The van der Waals surface area contributed by atoms with Crippen LogP contribution >= 0.6 is 0 Å². The average Bonchev–Trinajstić information content (AvgIpc) is 2.45. The molecule has 5 nitrogen and oxygen atoms in total. The normalized spacial score (nSPS) is 11.9. The maximum absolute atomic E-state index is 12.2. The van der Waals surface area contributed by atoms with Crippen molar-refractivity contribution in [1.29, 1.82) is 0 Å². The first kappa shape index (κ1) is 19.8. The van der Waals surface area contributed by atoms with E-state index in [1.165, 1.54) is 12.1 Å². The van der Waals surface area contributed by atoms with Gasteiger partial charge < -0.3 is 15.2 Å². The molecule has 134 valence electrons. The van der Waals surface area contributed by atoms with Crippen LogP contribution in [0.15, 0.2) is 24.3 Å². The van der Waals surface area contributed by atoms with Gasteiger partial charge in [-0.25, -0.2) is 0 Å². The number of benzene rings is 1. The summed E-state index contributed by atoms with van der Waals surface area (Å²) in [6.45, 7) is 3.64. The number of amides is 1. The molecule has 1 aromatic carbocycles. The number of rotatable bonds is 8. The zero-order valence-electron chi connectivity index (χ0n) is 13.4. The Balaban J connectivity index is 2.59. The second kappa shape index (κ2) is 8.03. The maximum Gasteiger partial charge on any atom is 0.573 e. The summed E-state index contributed by atoms with van der Waals surface area (Å²) in [5.41, 5.74) is -0.399. The van der Waals surface area contributed by atoms with Crippen LogP contribution in [0.2, 0.25) is 0 Å². The maximum atomic E-state index is 12.2. The largest absolute Gasteiger partial charge is 0.573 e. The summed E-state index contributed by atoms with van der Waals surface area (Å²) in [5.74, 6) is -1.53. The van der Waals surface area contributed by atoms with E-state index in [2.05, 4.69) is 10.1 Å². The molecule has 0 fully saturated rings. The quantitative estimate of drug-likeness (QED) is 0.708. The van der Waals surface area contributed by atoms with Crippen LogP contribution in [0.5, 0.6) is 5.75 Å². The Morgan fingerprint density at radius 2 is 1.71 bits per heavy atom. The van der Waals surface area contributed by atoms with Crippen LogP contribution < -0.4 is 10.1 Å². The predicted octanol–water partition coefficient (Wildman–Crippen LogP) is 3.23. The zero-order valence-corrected chi connectivity index (χ0v) is 13.4. The Hall–Kier alpha value is -2.25. The smallest absolute Gasteiger partial charge is 0.481 e. The molecule has 0 aliphatic carbocycles. The predicted molar refractivity (Wildman–Crippen MR) is 80.6 cm³/mol. The minimum Gasteiger partial charge on any atom is -0.481 e. The third-order valence-electron chi connectivity index (χ3n) is 3.48. The summed E-state index contributed by atoms with van der Waals surface area (Å²) in [6.07, 6.45) is -3.73. The highest BCUT2D eigenvalue weighted by Crippen LogP contribution is 2.28. The summed E-state index contributed by atoms with van der Waals surface area (Å²) in [7, 11) is 0. The molecule has 8 heteroatoms. The molecule has 0 bridgehead atoms. The van der Waals surface area contributed by atoms with Crippen molar-refractivity contribution in [2.24, 2.45) is 0 Å². The summed E-state index contributed by atoms with van der Waals surface area (Å²) in [6, 6.07) is 5.13. The third kappa shape index (κ3) is 6.47. The summed E-state index contributed by atoms with van der Waals surface area (Å²) < 4.78 is 40.2. The lowest BCUT2D eigenvalue weighted by Crippen LogP contribution is -2.40. The highest BCUT2D eigenvalue weighted by Gasteiger charge is 2.32. The highest BCUT2D eigenvalue weighted by molar-refractivity contribution is 5.87. The Bertz CT molecular complexity index is 568. The number of hydrogen-bond donors (Lipinski definition) is 2. The van der Waals surface area contributed by atoms with E-state index >= 15 is 0 Å². The molecule has 0 saturated heterocycles. The summed E-state index contributed by atoms with van der Waals surface area (Å²) in [5, 5.41) is 11.2. The molecular weight excluding hydrogens is 327 g/mol. The summed E-state index contributed by atoms with van der Waals surface area (Å²) in [4.78, 5) is 22.6. The molecule has 0 atom stereocenters. The van der Waals surface area contributed by atoms with Gasteiger partial charge in [0.1, 0.15) is 5.75 Å². The fourth-order valence-electron chi connectivity index (χ4n) is 2.03. The standard InChI is InChI=1S/C16H20F3NO4/c1-15(2,14(23)20-10-4-3-5-13(21)22)11-6-8-12(9-7-11)24-16(17,18)19/h6-9H,3-5,10H2,1-2H3,(H,20,23)(H,21,22). The van der Waals surface area contributed by atoms with Gasteiger partial charge in [-0.1, -0.05) is 12.1 Å². The Kier molecular flexibility index (Phi) is 6.62. The van der Waals surface area contributed by atoms with Gasteiger partial charge in [-0.05, 0) is 44.4 Å². The molecular formula is C16H20F3NO4. The summed E-state index contributed by atoms with van der Waals surface area (Å²) >= 11 is 0. The molecule has 0 radical (unpaired) electrons. The van der Waals surface area contributed by atoms with Crippen LogP contribution in [0.3, 0.4) is 0 Å². The molecule has 0 saturated carbocycles. The first-order valence-electron chi connectivity index (χ1n) is 7.39. The van der Waals surface area contributed by atoms with Gasteiger partial charge in [0.15, 0.2) is 0 Å². The second-order valence-corrected chi connectivity index (χ2v) is 5.80. The number of carboxylic acid groups (broad SMARTS) is 1. The number of carbonyl (C=O) groups is 2. The number of carbonyl (C=O) groups excluding carboxylic acids is 1. The monoisotopic (exact) mass is 347 g/mol. The molecule has 24 heavy (non-hydrogen) atoms. The topological polar surface area (TPSA) is 75.6 Å². The molecule has 0 heterocycles. The molecule has 0 aliphatic heterocycles. The van der Waals surface area contributed by atoms with Crippen molar-refractivity contribution < 1.29 is 32.6 Å². The van der Waals surface area contributed by atoms with Gasteiger partial charge in [0.25, 0.3) is 0 Å². The SMILES string of the molecule is CC(C)(C(=O)NCCCCC(=O)O)c1ccc(OC(F)(F)F)cc1. The Morgan fingerprint density at radius 1 is 1.12 bits per heavy atom. The van der Waals surface area contributed by atoms with Crippen molar-refractivity contribution in [2.75, 3.05) is 6.54 Å². The number of aliphatic carboxylic acids is 1. The molecule has 2 N–H and O–H groups in total. The van der Waals surface area contributed by atoms with Gasteiger partial charge in [0.2, 0.25) is 5.91 Å². The first-order chi connectivity index (χ1) is 11.0. The molecule has 0 spiro atoms. The Labute approximate surface area is 137 Å². The van der Waals surface area contributed by atoms with E-state index in [0.717, 1.165) is 12.1 Å². The van der Waals surface area contributed by atoms with Crippen LogP contribution in [0.25, 0.3) is 0 Å². The lowest BCUT2D eigenvalue weighted by Gasteiger charge is -2.24. The van der Waals surface area contributed by atoms with E-state index in [1.807, 2.05) is 0 Å². The van der Waals surface area contributed by atoms with E-state index in [4.69, 9.17) is 5.11 Å². The molecule has 1 rings (SSSR count). The van der Waals surface area contributed by atoms with Crippen LogP contribution in [0, 0.1) is 0 Å². The van der Waals surface area contributed by atoms with Gasteiger partial charge in [0, 0.05) is 13.0 Å². The van der Waals surface area contributed by atoms with E-state index < -0.39 is 17.7 Å². The minimum absolute atomic E-state index is 0.0416. The van der Waals surface area contributed by atoms with Crippen molar-refractivity contribution in [2.45, 2.75) is 44.9 Å². The fraction of sp³-hybridized carbons (Fsp3) is 0.500. The van der Waals surface area contributed by atoms with Crippen molar-refractivity contribution in [1.82, 2.24) is 5.32 Å². The lowest BCUT2D eigenvalue weighted by molar-refractivity contribution is -0.274. The van der Waals surface area contributed by atoms with Crippen LogP contribution in [0.4, 0.5) is 13.2 Å². The first-order valence-corrected chi connectivity index (χ1v) is 7.39. The van der Waals surface area contributed by atoms with Gasteiger partial charge in [-0.3, -0.25) is 9.59 Å². The number of ether oxygens (including phenoxy) is 1. The molecule has 1 amide bonds. The van der Waals surface area contributed by atoms with Crippen molar-refractivity contribution in [3.63, 3.8) is 0 Å². The zero-order chi connectivity index (χ0) is 18.4. The van der Waals surface area contributed by atoms with E-state index in [9.17, 15) is 22.8 Å². The van der Waals surface area contributed by atoms with Gasteiger partial charge in [-0.15, -0.1) is 13.2 Å². The minimum atomic E-state index is -4.76. The van der Waals surface area contributed by atoms with E-state index in [-0.39, 0.29) is 18.1 Å². The van der Waals surface area contributed by atoms with E-state index in [1.54, 1.807) is 13.8 Å². The van der Waals surface area contributed by atoms with Crippen LogP contribution in [-0.2, 0) is 15.0 Å². The molecule has 0 unspecified atom stereocenters. The van der Waals surface area contributed by atoms with E-state index in [0.29, 0.717) is 24.9 Å². The van der Waals surface area contributed by atoms with Crippen molar-refractivity contribution in [3.05, 3.63) is 29.8 Å². The Morgan fingerprint density at radius 3 is 2.21 bits per heavy atom. The van der Waals surface area contributed by atoms with Crippen molar-refractivity contribution >= 4 is 11.9 Å². The highest BCUT2D eigenvalue weighted by atomic mass is 19.4.